The van der Waals surface area contributed by atoms with Crippen molar-refractivity contribution in [3.63, 3.8) is 0 Å². The second-order valence-electron chi connectivity index (χ2n) is 13.7. The lowest BCUT2D eigenvalue weighted by molar-refractivity contribution is 0.669. The number of benzene rings is 8. The minimum absolute atomic E-state index is 0.907. The minimum Gasteiger partial charge on any atom is -0.456 e. The fourth-order valence-corrected chi connectivity index (χ4v) is 8.59. The Kier molecular flexibility index (Phi) is 5.47. The van der Waals surface area contributed by atoms with Crippen LogP contribution in [0, 0.1) is 0 Å². The highest BCUT2D eigenvalue weighted by molar-refractivity contribution is 6.26. The Bertz CT molecular complexity index is 3390. The van der Waals surface area contributed by atoms with Gasteiger partial charge in [-0.2, -0.15) is 0 Å². The van der Waals surface area contributed by atoms with Gasteiger partial charge in [-0.05, 0) is 90.0 Å². The third kappa shape index (κ3) is 3.75. The average Bonchev–Trinajstić information content (AvgIpc) is 3.94. The predicted octanol–water partition coefficient (Wildman–Crippen LogP) is 13.3. The molecule has 0 saturated carbocycles. The van der Waals surface area contributed by atoms with Gasteiger partial charge in [0.1, 0.15) is 22.3 Å². The molecule has 0 aliphatic rings. The van der Waals surface area contributed by atoms with E-state index >= 15 is 0 Å². The highest BCUT2D eigenvalue weighted by Crippen LogP contribution is 2.44. The third-order valence-electron chi connectivity index (χ3n) is 10.9. The van der Waals surface area contributed by atoms with Gasteiger partial charge in [-0.25, -0.2) is 0 Å². The summed E-state index contributed by atoms with van der Waals surface area (Å²) >= 11 is 0. The molecule has 4 aromatic heterocycles. The number of para-hydroxylation sites is 4. The quantitative estimate of drug-likeness (QED) is 0.188. The van der Waals surface area contributed by atoms with Gasteiger partial charge in [0.05, 0.1) is 27.5 Å². The van der Waals surface area contributed by atoms with Gasteiger partial charge in [-0.15, -0.1) is 0 Å². The monoisotopic (exact) mass is 664 g/mol. The predicted molar refractivity (Wildman–Crippen MR) is 215 cm³/mol. The van der Waals surface area contributed by atoms with E-state index < -0.39 is 0 Å². The van der Waals surface area contributed by atoms with Gasteiger partial charge >= 0.3 is 0 Å². The van der Waals surface area contributed by atoms with Crippen molar-refractivity contribution in [3.05, 3.63) is 170 Å². The molecule has 12 rings (SSSR count). The molecule has 0 radical (unpaired) electrons. The maximum absolute atomic E-state index is 6.66. The summed E-state index contributed by atoms with van der Waals surface area (Å²) in [5.74, 6) is 0. The molecule has 0 N–H and O–H groups in total. The molecule has 52 heavy (non-hydrogen) atoms. The molecule has 4 heteroatoms. The zero-order valence-electron chi connectivity index (χ0n) is 27.9. The van der Waals surface area contributed by atoms with Crippen LogP contribution in [0.4, 0.5) is 0 Å². The molecule has 0 aliphatic carbocycles. The van der Waals surface area contributed by atoms with Gasteiger partial charge in [0, 0.05) is 49.1 Å². The van der Waals surface area contributed by atoms with Crippen LogP contribution >= 0.6 is 0 Å². The van der Waals surface area contributed by atoms with Crippen molar-refractivity contribution in [2.24, 2.45) is 0 Å². The van der Waals surface area contributed by atoms with E-state index in [1.54, 1.807) is 0 Å². The SMILES string of the molecule is c1ccc(-n2c3cc4c(cc3c3c5oc6ccccc6c5ccc32)c2ccccc2n4-c2ccc(-c3ccc4oc5ccccc5c4c3)cc2)cc1. The molecule has 8 aromatic carbocycles. The van der Waals surface area contributed by atoms with Crippen LogP contribution in [0.5, 0.6) is 0 Å². The van der Waals surface area contributed by atoms with Crippen molar-refractivity contribution < 1.29 is 8.83 Å². The number of furan rings is 2. The Morgan fingerprint density at radius 3 is 1.75 bits per heavy atom. The van der Waals surface area contributed by atoms with Crippen molar-refractivity contribution in [1.82, 2.24) is 9.13 Å². The molecule has 12 aromatic rings. The second-order valence-corrected chi connectivity index (χ2v) is 13.7. The number of nitrogens with zero attached hydrogens (tertiary/aromatic N) is 2. The highest BCUT2D eigenvalue weighted by atomic mass is 16.3. The lowest BCUT2D eigenvalue weighted by atomic mass is 10.0. The molecule has 0 aliphatic heterocycles. The largest absolute Gasteiger partial charge is 0.456 e. The fraction of sp³-hybridized carbons (Fsp3) is 0. The van der Waals surface area contributed by atoms with E-state index in [2.05, 4.69) is 161 Å². The fourth-order valence-electron chi connectivity index (χ4n) is 8.59. The Labute approximate surface area is 296 Å². The normalized spacial score (nSPS) is 12.2. The summed E-state index contributed by atoms with van der Waals surface area (Å²) in [6, 6.07) is 60.6. The number of aromatic nitrogens is 2. The molecule has 0 atom stereocenters. The van der Waals surface area contributed by atoms with Crippen LogP contribution in [-0.2, 0) is 0 Å². The number of fused-ring (bicyclic) bond motifs is 13. The Hall–Kier alpha value is -7.04. The van der Waals surface area contributed by atoms with E-state index in [0.29, 0.717) is 0 Å². The van der Waals surface area contributed by atoms with Crippen LogP contribution in [0.15, 0.2) is 179 Å². The topological polar surface area (TPSA) is 36.1 Å². The van der Waals surface area contributed by atoms with Crippen molar-refractivity contribution in [1.29, 1.82) is 0 Å². The summed E-state index contributed by atoms with van der Waals surface area (Å²) < 4.78 is 17.6. The van der Waals surface area contributed by atoms with Gasteiger partial charge < -0.3 is 18.0 Å². The number of hydrogen-bond acceptors (Lipinski definition) is 2. The number of hydrogen-bond donors (Lipinski definition) is 0. The van der Waals surface area contributed by atoms with Gasteiger partial charge in [-0.1, -0.05) is 91.0 Å². The van der Waals surface area contributed by atoms with Crippen molar-refractivity contribution in [2.75, 3.05) is 0 Å². The van der Waals surface area contributed by atoms with Gasteiger partial charge in [0.15, 0.2) is 0 Å². The van der Waals surface area contributed by atoms with Crippen molar-refractivity contribution in [2.45, 2.75) is 0 Å². The van der Waals surface area contributed by atoms with E-state index in [9.17, 15) is 0 Å². The van der Waals surface area contributed by atoms with Crippen molar-refractivity contribution in [3.8, 4) is 22.5 Å². The smallest absolute Gasteiger partial charge is 0.145 e. The lowest BCUT2D eigenvalue weighted by Crippen LogP contribution is -1.95. The van der Waals surface area contributed by atoms with Crippen LogP contribution in [0.1, 0.15) is 0 Å². The molecular formula is C48H28N2O2. The molecule has 242 valence electrons. The summed E-state index contributed by atoms with van der Waals surface area (Å²) in [5.41, 5.74) is 12.8. The second kappa shape index (κ2) is 10.3. The van der Waals surface area contributed by atoms with E-state index in [1.807, 2.05) is 18.2 Å². The maximum Gasteiger partial charge on any atom is 0.145 e. The molecule has 4 nitrogen and oxygen atoms in total. The average molecular weight is 665 g/mol. The van der Waals surface area contributed by atoms with Crippen LogP contribution in [-0.4, -0.2) is 9.13 Å². The molecule has 4 heterocycles. The molecule has 0 saturated heterocycles. The van der Waals surface area contributed by atoms with Crippen molar-refractivity contribution >= 4 is 87.5 Å². The summed E-state index contributed by atoms with van der Waals surface area (Å²) in [6.07, 6.45) is 0. The van der Waals surface area contributed by atoms with Crippen LogP contribution in [0.25, 0.3) is 110 Å². The summed E-state index contributed by atoms with van der Waals surface area (Å²) in [5, 5.41) is 9.30. The summed E-state index contributed by atoms with van der Waals surface area (Å²) in [4.78, 5) is 0. The van der Waals surface area contributed by atoms with Gasteiger partial charge in [0.25, 0.3) is 0 Å². The zero-order chi connectivity index (χ0) is 33.9. The minimum atomic E-state index is 0.907. The molecule has 0 spiro atoms. The first-order chi connectivity index (χ1) is 25.8. The summed E-state index contributed by atoms with van der Waals surface area (Å²) in [7, 11) is 0. The third-order valence-corrected chi connectivity index (χ3v) is 10.9. The van der Waals surface area contributed by atoms with Gasteiger partial charge in [-0.3, -0.25) is 0 Å². The molecule has 0 bridgehead atoms. The first kappa shape index (κ1) is 27.7. The van der Waals surface area contributed by atoms with E-state index in [0.717, 1.165) is 82.8 Å². The van der Waals surface area contributed by atoms with E-state index in [4.69, 9.17) is 8.83 Å². The van der Waals surface area contributed by atoms with E-state index in [1.165, 1.54) is 27.2 Å². The molecule has 0 unspecified atom stereocenters. The van der Waals surface area contributed by atoms with Gasteiger partial charge in [0.2, 0.25) is 0 Å². The number of rotatable bonds is 3. The lowest BCUT2D eigenvalue weighted by Gasteiger charge is -2.11. The first-order valence-corrected chi connectivity index (χ1v) is 17.7. The maximum atomic E-state index is 6.66. The van der Waals surface area contributed by atoms with Crippen LogP contribution in [0.3, 0.4) is 0 Å². The Balaban J connectivity index is 1.11. The Morgan fingerprint density at radius 1 is 0.308 bits per heavy atom. The molecule has 0 fully saturated rings. The Morgan fingerprint density at radius 2 is 0.923 bits per heavy atom. The standard InChI is InChI=1S/C48H28N2O2/c1-2-10-31(11-3-1)50-41-24-23-36-34-13-5-9-17-45(34)52-48(36)47(41)39-27-37-33-12-4-7-15-40(33)49(42(37)28-43(39)50)32-21-18-29(19-22-32)30-20-25-46-38(26-30)35-14-6-8-16-44(35)51-46/h1-28H. The van der Waals surface area contributed by atoms with Crippen LogP contribution < -0.4 is 0 Å². The first-order valence-electron chi connectivity index (χ1n) is 17.7. The summed E-state index contributed by atoms with van der Waals surface area (Å²) in [6.45, 7) is 0. The van der Waals surface area contributed by atoms with E-state index in [-0.39, 0.29) is 0 Å². The highest BCUT2D eigenvalue weighted by Gasteiger charge is 2.22. The zero-order valence-corrected chi connectivity index (χ0v) is 27.9. The molecular weight excluding hydrogens is 637 g/mol. The molecule has 0 amide bonds. The van der Waals surface area contributed by atoms with Crippen LogP contribution in [0.2, 0.25) is 0 Å².